The molecule has 1 aromatic rings. The third-order valence-corrected chi connectivity index (χ3v) is 2.14. The molecule has 19 heavy (non-hydrogen) atoms. The van der Waals surface area contributed by atoms with Crippen molar-refractivity contribution in [3.05, 3.63) is 23.3 Å². The van der Waals surface area contributed by atoms with Crippen LogP contribution in [-0.2, 0) is 10.6 Å². The average Bonchev–Trinajstić information content (AvgIpc) is 2.30. The highest BCUT2D eigenvalue weighted by atomic mass is 35.5. The first-order valence-corrected chi connectivity index (χ1v) is 5.49. The molecule has 9 heteroatoms. The van der Waals surface area contributed by atoms with Crippen LogP contribution in [0.5, 0.6) is 5.75 Å². The molecule has 0 aliphatic rings. The van der Waals surface area contributed by atoms with Crippen molar-refractivity contribution in [2.45, 2.75) is 19.2 Å². The number of aromatic nitrogens is 1. The zero-order valence-electron chi connectivity index (χ0n) is 9.55. The minimum absolute atomic E-state index is 0.109. The fourth-order valence-electron chi connectivity index (χ4n) is 1.24. The third kappa shape index (κ3) is 3.95. The first kappa shape index (κ1) is 15.5. The highest BCUT2D eigenvalue weighted by Crippen LogP contribution is 2.31. The molecule has 1 rings (SSSR count). The lowest BCUT2D eigenvalue weighted by Crippen LogP contribution is -2.22. The van der Waals surface area contributed by atoms with Crippen LogP contribution >= 0.6 is 11.6 Å². The smallest absolute Gasteiger partial charge is 0.462 e. The second kappa shape index (κ2) is 6.05. The van der Waals surface area contributed by atoms with E-state index in [2.05, 4.69) is 14.5 Å². The molecule has 1 aromatic heterocycles. The van der Waals surface area contributed by atoms with E-state index in [-0.39, 0.29) is 12.3 Å². The standard InChI is InChI=1S/C10H8ClF4NO3/c1-2-18-9(17)7-6(3-11)16-4-5(12)8(7)19-10(13,14)15/h4H,2-3H2,1H3. The molecule has 0 bridgehead atoms. The Morgan fingerprint density at radius 2 is 2.11 bits per heavy atom. The fourth-order valence-corrected chi connectivity index (χ4v) is 1.44. The lowest BCUT2D eigenvalue weighted by molar-refractivity contribution is -0.275. The van der Waals surface area contributed by atoms with Crippen molar-refractivity contribution >= 4 is 17.6 Å². The van der Waals surface area contributed by atoms with Gasteiger partial charge in [0.25, 0.3) is 0 Å². The normalized spacial score (nSPS) is 11.3. The molecular weight excluding hydrogens is 294 g/mol. The van der Waals surface area contributed by atoms with Crippen LogP contribution in [0.15, 0.2) is 6.20 Å². The molecule has 0 aliphatic heterocycles. The van der Waals surface area contributed by atoms with Gasteiger partial charge >= 0.3 is 12.3 Å². The highest BCUT2D eigenvalue weighted by Gasteiger charge is 2.36. The summed E-state index contributed by atoms with van der Waals surface area (Å²) in [6.45, 7) is 1.33. The Kier molecular flexibility index (Phi) is 4.93. The number of rotatable bonds is 4. The van der Waals surface area contributed by atoms with Crippen LogP contribution in [0.25, 0.3) is 0 Å². The summed E-state index contributed by atoms with van der Waals surface area (Å²) in [5, 5.41) is 0. The molecule has 0 atom stereocenters. The molecule has 0 unspecified atom stereocenters. The quantitative estimate of drug-likeness (QED) is 0.487. The summed E-state index contributed by atoms with van der Waals surface area (Å²) < 4.78 is 58.0. The molecule has 0 aromatic carbocycles. The van der Waals surface area contributed by atoms with Gasteiger partial charge in [0.05, 0.1) is 24.4 Å². The zero-order valence-corrected chi connectivity index (χ0v) is 10.3. The number of carbonyl (C=O) groups excluding carboxylic acids is 1. The van der Waals surface area contributed by atoms with Gasteiger partial charge in [0, 0.05) is 0 Å². The zero-order chi connectivity index (χ0) is 14.6. The number of carbonyl (C=O) groups is 1. The van der Waals surface area contributed by atoms with Crippen molar-refractivity contribution in [3.8, 4) is 5.75 Å². The second-order valence-electron chi connectivity index (χ2n) is 3.16. The van der Waals surface area contributed by atoms with E-state index in [1.54, 1.807) is 0 Å². The first-order chi connectivity index (χ1) is 8.80. The molecule has 0 amide bonds. The van der Waals surface area contributed by atoms with Crippen molar-refractivity contribution < 1.29 is 31.8 Å². The number of pyridine rings is 1. The van der Waals surface area contributed by atoms with Gasteiger partial charge in [-0.15, -0.1) is 24.8 Å². The van der Waals surface area contributed by atoms with E-state index in [1.807, 2.05) is 0 Å². The monoisotopic (exact) mass is 301 g/mol. The largest absolute Gasteiger partial charge is 0.573 e. The summed E-state index contributed by atoms with van der Waals surface area (Å²) in [7, 11) is 0. The summed E-state index contributed by atoms with van der Waals surface area (Å²) in [5.74, 6) is -4.32. The Balaban J connectivity index is 3.36. The number of hydrogen-bond acceptors (Lipinski definition) is 4. The van der Waals surface area contributed by atoms with Gasteiger partial charge in [0.2, 0.25) is 0 Å². The van der Waals surface area contributed by atoms with E-state index in [1.165, 1.54) is 6.92 Å². The van der Waals surface area contributed by atoms with E-state index in [9.17, 15) is 22.4 Å². The maximum Gasteiger partial charge on any atom is 0.573 e. The van der Waals surface area contributed by atoms with Gasteiger partial charge in [0.15, 0.2) is 11.6 Å². The van der Waals surface area contributed by atoms with E-state index in [0.29, 0.717) is 6.20 Å². The number of nitrogens with zero attached hydrogens (tertiary/aromatic N) is 1. The molecule has 0 N–H and O–H groups in total. The average molecular weight is 302 g/mol. The van der Waals surface area contributed by atoms with Crippen LogP contribution in [-0.4, -0.2) is 23.9 Å². The Morgan fingerprint density at radius 1 is 1.47 bits per heavy atom. The highest BCUT2D eigenvalue weighted by molar-refractivity contribution is 6.17. The number of hydrogen-bond donors (Lipinski definition) is 0. The summed E-state index contributed by atoms with van der Waals surface area (Å²) >= 11 is 5.44. The summed E-state index contributed by atoms with van der Waals surface area (Å²) in [6.07, 6.45) is -4.67. The molecule has 0 saturated heterocycles. The number of ether oxygens (including phenoxy) is 2. The van der Waals surface area contributed by atoms with Crippen molar-refractivity contribution in [3.63, 3.8) is 0 Å². The Bertz CT molecular complexity index is 479. The van der Waals surface area contributed by atoms with E-state index < -0.39 is 35.3 Å². The molecule has 106 valence electrons. The lowest BCUT2D eigenvalue weighted by Gasteiger charge is -2.14. The Morgan fingerprint density at radius 3 is 2.58 bits per heavy atom. The van der Waals surface area contributed by atoms with E-state index in [0.717, 1.165) is 0 Å². The van der Waals surface area contributed by atoms with Gasteiger partial charge in [-0.3, -0.25) is 4.98 Å². The summed E-state index contributed by atoms with van der Waals surface area (Å²) in [6, 6.07) is 0. The van der Waals surface area contributed by atoms with Crippen LogP contribution in [0.4, 0.5) is 17.6 Å². The topological polar surface area (TPSA) is 48.4 Å². The first-order valence-electron chi connectivity index (χ1n) is 4.96. The molecule has 0 saturated carbocycles. The van der Waals surface area contributed by atoms with Crippen molar-refractivity contribution in [1.29, 1.82) is 0 Å². The molecule has 0 fully saturated rings. The molecule has 0 aliphatic carbocycles. The third-order valence-electron chi connectivity index (χ3n) is 1.89. The van der Waals surface area contributed by atoms with Gasteiger partial charge in [0.1, 0.15) is 5.56 Å². The van der Waals surface area contributed by atoms with Gasteiger partial charge in [-0.05, 0) is 6.92 Å². The Hall–Kier alpha value is -1.57. The van der Waals surface area contributed by atoms with Crippen molar-refractivity contribution in [2.75, 3.05) is 6.61 Å². The van der Waals surface area contributed by atoms with Gasteiger partial charge < -0.3 is 9.47 Å². The minimum atomic E-state index is -5.16. The minimum Gasteiger partial charge on any atom is -0.462 e. The van der Waals surface area contributed by atoms with Crippen LogP contribution < -0.4 is 4.74 Å². The molecule has 0 radical (unpaired) electrons. The Labute approximate surface area is 110 Å². The SMILES string of the molecule is CCOC(=O)c1c(CCl)ncc(F)c1OC(F)(F)F. The molecule has 1 heterocycles. The van der Waals surface area contributed by atoms with Crippen LogP contribution in [0.3, 0.4) is 0 Å². The predicted molar refractivity (Wildman–Crippen MR) is 56.4 cm³/mol. The number of esters is 1. The van der Waals surface area contributed by atoms with Crippen LogP contribution in [0, 0.1) is 5.82 Å². The lowest BCUT2D eigenvalue weighted by atomic mass is 10.2. The van der Waals surface area contributed by atoms with Crippen molar-refractivity contribution in [2.24, 2.45) is 0 Å². The van der Waals surface area contributed by atoms with Crippen molar-refractivity contribution in [1.82, 2.24) is 4.98 Å². The van der Waals surface area contributed by atoms with Crippen LogP contribution in [0.1, 0.15) is 23.0 Å². The molecule has 4 nitrogen and oxygen atoms in total. The molecule has 0 spiro atoms. The second-order valence-corrected chi connectivity index (χ2v) is 3.43. The number of alkyl halides is 4. The fraction of sp³-hybridized carbons (Fsp3) is 0.400. The molecular formula is C10H8ClF4NO3. The van der Waals surface area contributed by atoms with Gasteiger partial charge in [-0.25, -0.2) is 9.18 Å². The summed E-state index contributed by atoms with van der Waals surface area (Å²) in [4.78, 5) is 15.0. The van der Waals surface area contributed by atoms with E-state index in [4.69, 9.17) is 11.6 Å². The maximum atomic E-state index is 13.4. The maximum absolute atomic E-state index is 13.4. The predicted octanol–water partition coefficient (Wildman–Crippen LogP) is 3.03. The van der Waals surface area contributed by atoms with Gasteiger partial charge in [-0.2, -0.15) is 0 Å². The van der Waals surface area contributed by atoms with Crippen LogP contribution in [0.2, 0.25) is 0 Å². The number of halogens is 5. The van der Waals surface area contributed by atoms with Gasteiger partial charge in [-0.1, -0.05) is 0 Å². The van der Waals surface area contributed by atoms with E-state index >= 15 is 0 Å². The summed E-state index contributed by atoms with van der Waals surface area (Å²) in [5.41, 5.74) is -1.03.